The number of nitrogens with one attached hydrogen (secondary N) is 1. The zero-order valence-electron chi connectivity index (χ0n) is 13.6. The maximum atomic E-state index is 11.9. The first-order valence-corrected chi connectivity index (χ1v) is 9.17. The van der Waals surface area contributed by atoms with Gasteiger partial charge in [0.1, 0.15) is 23.9 Å². The SMILES string of the molecule is O=C(N/N=C/c1ccc(COc2ccc([N+](=O)[O-])cc2)o1)c1ccc(Br)s1. The van der Waals surface area contributed by atoms with Crippen LogP contribution in [0.25, 0.3) is 0 Å². The molecule has 1 amide bonds. The number of nitrogens with zero attached hydrogens (tertiary/aromatic N) is 2. The number of carbonyl (C=O) groups is 1. The predicted molar refractivity (Wildman–Crippen MR) is 103 cm³/mol. The molecule has 0 saturated heterocycles. The molecule has 0 aliphatic carbocycles. The summed E-state index contributed by atoms with van der Waals surface area (Å²) in [4.78, 5) is 22.5. The van der Waals surface area contributed by atoms with E-state index in [1.54, 1.807) is 24.3 Å². The van der Waals surface area contributed by atoms with E-state index in [4.69, 9.17) is 9.15 Å². The number of benzene rings is 1. The zero-order valence-corrected chi connectivity index (χ0v) is 16.0. The molecule has 0 unspecified atom stereocenters. The van der Waals surface area contributed by atoms with Crippen LogP contribution in [0.2, 0.25) is 0 Å². The molecular weight excluding hydrogens is 438 g/mol. The third-order valence-electron chi connectivity index (χ3n) is 3.27. The van der Waals surface area contributed by atoms with Crippen molar-refractivity contribution in [3.8, 4) is 5.75 Å². The highest BCUT2D eigenvalue weighted by Crippen LogP contribution is 2.22. The lowest BCUT2D eigenvalue weighted by molar-refractivity contribution is -0.384. The molecule has 0 aliphatic heterocycles. The molecule has 0 saturated carbocycles. The Morgan fingerprint density at radius 3 is 2.70 bits per heavy atom. The summed E-state index contributed by atoms with van der Waals surface area (Å²) in [6.07, 6.45) is 1.38. The monoisotopic (exact) mass is 449 g/mol. The largest absolute Gasteiger partial charge is 0.486 e. The summed E-state index contributed by atoms with van der Waals surface area (Å²) in [5, 5.41) is 14.5. The summed E-state index contributed by atoms with van der Waals surface area (Å²) in [6.45, 7) is 0.154. The number of halogens is 1. The average Bonchev–Trinajstić information content (AvgIpc) is 3.29. The molecule has 2 aromatic heterocycles. The van der Waals surface area contributed by atoms with Gasteiger partial charge in [-0.1, -0.05) is 0 Å². The van der Waals surface area contributed by atoms with E-state index in [-0.39, 0.29) is 18.2 Å². The molecule has 3 rings (SSSR count). The lowest BCUT2D eigenvalue weighted by atomic mass is 10.3. The number of ether oxygens (including phenoxy) is 1. The number of hydrazone groups is 1. The number of hydrogen-bond acceptors (Lipinski definition) is 7. The highest BCUT2D eigenvalue weighted by Gasteiger charge is 2.08. The molecule has 10 heteroatoms. The highest BCUT2D eigenvalue weighted by atomic mass is 79.9. The number of furan rings is 1. The Balaban J connectivity index is 1.50. The van der Waals surface area contributed by atoms with Gasteiger partial charge in [-0.15, -0.1) is 11.3 Å². The van der Waals surface area contributed by atoms with Crippen molar-refractivity contribution in [2.75, 3.05) is 0 Å². The van der Waals surface area contributed by atoms with Gasteiger partial charge in [0.15, 0.2) is 0 Å². The van der Waals surface area contributed by atoms with Gasteiger partial charge in [-0.25, -0.2) is 5.43 Å². The Morgan fingerprint density at radius 1 is 1.26 bits per heavy atom. The fourth-order valence-corrected chi connectivity index (χ4v) is 3.28. The molecule has 1 N–H and O–H groups in total. The standard InChI is InChI=1S/C17H12BrN3O5S/c18-16-8-7-15(27-16)17(22)20-19-9-13-5-6-14(26-13)10-25-12-3-1-11(2-4-12)21(23)24/h1-9H,10H2,(H,20,22)/b19-9+. The Hall–Kier alpha value is -2.98. The molecule has 0 fully saturated rings. The third-order valence-corrected chi connectivity index (χ3v) is 4.89. The van der Waals surface area contributed by atoms with E-state index in [2.05, 4.69) is 26.5 Å². The van der Waals surface area contributed by atoms with E-state index in [0.29, 0.717) is 22.1 Å². The molecule has 0 radical (unpaired) electrons. The van der Waals surface area contributed by atoms with Gasteiger partial charge in [0.2, 0.25) is 0 Å². The molecule has 0 bridgehead atoms. The second-order valence-corrected chi connectivity index (χ2v) is 7.61. The molecule has 0 atom stereocenters. The van der Waals surface area contributed by atoms with Crippen molar-refractivity contribution < 1.29 is 18.9 Å². The minimum atomic E-state index is -0.474. The maximum absolute atomic E-state index is 11.9. The van der Waals surface area contributed by atoms with Crippen molar-refractivity contribution in [1.29, 1.82) is 0 Å². The summed E-state index contributed by atoms with van der Waals surface area (Å²) >= 11 is 4.60. The summed E-state index contributed by atoms with van der Waals surface area (Å²) in [6, 6.07) is 12.6. The van der Waals surface area contributed by atoms with E-state index < -0.39 is 4.92 Å². The molecule has 8 nitrogen and oxygen atoms in total. The first-order valence-electron chi connectivity index (χ1n) is 7.56. The van der Waals surface area contributed by atoms with Gasteiger partial charge in [-0.2, -0.15) is 5.10 Å². The lowest BCUT2D eigenvalue weighted by Crippen LogP contribution is -2.15. The minimum Gasteiger partial charge on any atom is -0.486 e. The van der Waals surface area contributed by atoms with Crippen LogP contribution in [0.4, 0.5) is 5.69 Å². The molecular formula is C17H12BrN3O5S. The van der Waals surface area contributed by atoms with E-state index in [9.17, 15) is 14.9 Å². The van der Waals surface area contributed by atoms with Crippen LogP contribution in [0.3, 0.4) is 0 Å². The fraction of sp³-hybridized carbons (Fsp3) is 0.0588. The van der Waals surface area contributed by atoms with Crippen molar-refractivity contribution in [3.05, 3.63) is 78.8 Å². The van der Waals surface area contributed by atoms with Crippen molar-refractivity contribution in [2.24, 2.45) is 5.10 Å². The van der Waals surface area contributed by atoms with Crippen molar-refractivity contribution in [2.45, 2.75) is 6.61 Å². The summed E-state index contributed by atoms with van der Waals surface area (Å²) in [5.74, 6) is 1.17. The normalized spacial score (nSPS) is 10.9. The van der Waals surface area contributed by atoms with Crippen LogP contribution >= 0.6 is 27.3 Å². The van der Waals surface area contributed by atoms with Gasteiger partial charge < -0.3 is 9.15 Å². The number of thiophene rings is 1. The summed E-state index contributed by atoms with van der Waals surface area (Å²) in [7, 11) is 0. The molecule has 0 spiro atoms. The number of hydrogen-bond donors (Lipinski definition) is 1. The van der Waals surface area contributed by atoms with E-state index in [0.717, 1.165) is 3.79 Å². The number of amides is 1. The number of nitro benzene ring substituents is 1. The second-order valence-electron chi connectivity index (χ2n) is 5.15. The van der Waals surface area contributed by atoms with Crippen molar-refractivity contribution in [1.82, 2.24) is 5.43 Å². The van der Waals surface area contributed by atoms with Crippen LogP contribution in [-0.2, 0) is 6.61 Å². The Kier molecular flexibility index (Phi) is 5.99. The van der Waals surface area contributed by atoms with Crippen LogP contribution in [0.15, 0.2) is 61.8 Å². The van der Waals surface area contributed by atoms with Crippen molar-refractivity contribution in [3.63, 3.8) is 0 Å². The van der Waals surface area contributed by atoms with Crippen LogP contribution in [0, 0.1) is 10.1 Å². The number of rotatable bonds is 7. The number of non-ortho nitro benzene ring substituents is 1. The quantitative estimate of drug-likeness (QED) is 0.327. The van der Waals surface area contributed by atoms with Crippen molar-refractivity contribution >= 4 is 45.1 Å². The molecule has 3 aromatic rings. The lowest BCUT2D eigenvalue weighted by Gasteiger charge is -2.03. The second kappa shape index (κ2) is 8.60. The highest BCUT2D eigenvalue weighted by molar-refractivity contribution is 9.11. The minimum absolute atomic E-state index is 0.00389. The van der Waals surface area contributed by atoms with Gasteiger partial charge in [0.05, 0.1) is 19.8 Å². The maximum Gasteiger partial charge on any atom is 0.281 e. The van der Waals surface area contributed by atoms with Gasteiger partial charge in [-0.05, 0) is 52.3 Å². The van der Waals surface area contributed by atoms with Crippen LogP contribution in [-0.4, -0.2) is 17.0 Å². The fourth-order valence-electron chi connectivity index (χ4n) is 2.01. The van der Waals surface area contributed by atoms with Crippen LogP contribution in [0.1, 0.15) is 21.2 Å². The molecule has 0 aliphatic rings. The third kappa shape index (κ3) is 5.25. The van der Waals surface area contributed by atoms with Gasteiger partial charge in [0, 0.05) is 12.1 Å². The first kappa shape index (κ1) is 18.8. The number of nitro groups is 1. The van der Waals surface area contributed by atoms with E-state index in [1.165, 1.54) is 41.8 Å². The molecule has 1 aromatic carbocycles. The van der Waals surface area contributed by atoms with Gasteiger partial charge in [0.25, 0.3) is 11.6 Å². The topological polar surface area (TPSA) is 107 Å². The zero-order chi connectivity index (χ0) is 19.2. The Bertz CT molecular complexity index is 981. The van der Waals surface area contributed by atoms with Crippen LogP contribution in [0.5, 0.6) is 5.75 Å². The molecule has 27 heavy (non-hydrogen) atoms. The molecule has 2 heterocycles. The number of carbonyl (C=O) groups excluding carboxylic acids is 1. The van der Waals surface area contributed by atoms with E-state index >= 15 is 0 Å². The van der Waals surface area contributed by atoms with Gasteiger partial charge >= 0.3 is 0 Å². The Morgan fingerprint density at radius 2 is 2.04 bits per heavy atom. The van der Waals surface area contributed by atoms with Crippen LogP contribution < -0.4 is 10.2 Å². The van der Waals surface area contributed by atoms with E-state index in [1.807, 2.05) is 0 Å². The smallest absolute Gasteiger partial charge is 0.281 e. The summed E-state index contributed by atoms with van der Waals surface area (Å²) in [5.41, 5.74) is 2.41. The van der Waals surface area contributed by atoms with Gasteiger partial charge in [-0.3, -0.25) is 14.9 Å². The summed E-state index contributed by atoms with van der Waals surface area (Å²) < 4.78 is 11.9. The molecule has 138 valence electrons. The first-order chi connectivity index (χ1) is 13.0. The Labute approximate surface area is 165 Å². The average molecular weight is 450 g/mol. The predicted octanol–water partition coefficient (Wildman–Crippen LogP) is 4.35.